The maximum absolute atomic E-state index is 6.02. The molecule has 3 heteroatoms. The molecule has 1 aromatic heterocycles. The lowest BCUT2D eigenvalue weighted by Gasteiger charge is -2.30. The second-order valence-electron chi connectivity index (χ2n) is 5.63. The largest absolute Gasteiger partial charge is 0.354 e. The van der Waals surface area contributed by atoms with E-state index in [9.17, 15) is 0 Å². The zero-order chi connectivity index (χ0) is 13.0. The molecule has 100 valence electrons. The van der Waals surface area contributed by atoms with Crippen LogP contribution in [0.25, 0.3) is 0 Å². The summed E-state index contributed by atoms with van der Waals surface area (Å²) in [5, 5.41) is 0.597. The molecule has 1 heterocycles. The molecule has 2 nitrogen and oxygen atoms in total. The monoisotopic (exact) mass is 266 g/mol. The Balaban J connectivity index is 2.12. The van der Waals surface area contributed by atoms with E-state index in [4.69, 9.17) is 11.6 Å². The molecule has 0 bridgehead atoms. The minimum atomic E-state index is 0.597. The van der Waals surface area contributed by atoms with Crippen LogP contribution < -0.4 is 4.90 Å². The van der Waals surface area contributed by atoms with Gasteiger partial charge in [-0.3, -0.25) is 0 Å². The van der Waals surface area contributed by atoms with Crippen LogP contribution in [0.15, 0.2) is 18.2 Å². The van der Waals surface area contributed by atoms with Gasteiger partial charge in [0.1, 0.15) is 11.0 Å². The number of rotatable bonds is 5. The molecule has 0 saturated heterocycles. The van der Waals surface area contributed by atoms with E-state index in [2.05, 4.69) is 29.8 Å². The summed E-state index contributed by atoms with van der Waals surface area (Å²) in [6, 6.07) is 6.60. The molecule has 1 aromatic rings. The summed E-state index contributed by atoms with van der Waals surface area (Å²) < 4.78 is 0. The normalized spacial score (nSPS) is 16.4. The first-order chi connectivity index (χ1) is 8.66. The molecule has 0 radical (unpaired) electrons. The van der Waals surface area contributed by atoms with E-state index in [-0.39, 0.29) is 0 Å². The zero-order valence-electron chi connectivity index (χ0n) is 11.4. The van der Waals surface area contributed by atoms with Crippen molar-refractivity contribution in [3.8, 4) is 0 Å². The van der Waals surface area contributed by atoms with Crippen LogP contribution in [0.5, 0.6) is 0 Å². The molecule has 0 aliphatic heterocycles. The highest BCUT2D eigenvalue weighted by atomic mass is 35.5. The Hall–Kier alpha value is -0.760. The molecule has 1 fully saturated rings. The molecule has 18 heavy (non-hydrogen) atoms. The van der Waals surface area contributed by atoms with Gasteiger partial charge >= 0.3 is 0 Å². The van der Waals surface area contributed by atoms with E-state index in [1.165, 1.54) is 32.1 Å². The average molecular weight is 267 g/mol. The number of hydrogen-bond donors (Lipinski definition) is 0. The minimum Gasteiger partial charge on any atom is -0.354 e. The van der Waals surface area contributed by atoms with E-state index in [1.54, 1.807) is 0 Å². The van der Waals surface area contributed by atoms with Crippen LogP contribution in [0.2, 0.25) is 5.15 Å². The number of anilines is 1. The Labute approximate surface area is 115 Å². The number of pyridine rings is 1. The van der Waals surface area contributed by atoms with Crippen LogP contribution in [-0.2, 0) is 0 Å². The summed E-state index contributed by atoms with van der Waals surface area (Å²) in [5.41, 5.74) is 0. The van der Waals surface area contributed by atoms with E-state index < -0.39 is 0 Å². The highest BCUT2D eigenvalue weighted by molar-refractivity contribution is 6.29. The quantitative estimate of drug-likeness (QED) is 0.728. The van der Waals surface area contributed by atoms with Crippen LogP contribution in [-0.4, -0.2) is 17.6 Å². The summed E-state index contributed by atoms with van der Waals surface area (Å²) in [6.07, 6.45) is 6.51. The van der Waals surface area contributed by atoms with Crippen molar-refractivity contribution in [1.29, 1.82) is 0 Å². The number of halogens is 1. The predicted molar refractivity (Wildman–Crippen MR) is 78.3 cm³/mol. The molecule has 1 aliphatic carbocycles. The lowest BCUT2D eigenvalue weighted by Crippen LogP contribution is -2.35. The van der Waals surface area contributed by atoms with E-state index in [0.29, 0.717) is 11.2 Å². The van der Waals surface area contributed by atoms with Gasteiger partial charge in [-0.05, 0) is 37.3 Å². The average Bonchev–Trinajstić information content (AvgIpc) is 2.83. The smallest absolute Gasteiger partial charge is 0.131 e. The molecule has 1 saturated carbocycles. The van der Waals surface area contributed by atoms with Gasteiger partial charge in [0.2, 0.25) is 0 Å². The van der Waals surface area contributed by atoms with Gasteiger partial charge in [0.25, 0.3) is 0 Å². The Kier molecular flexibility index (Phi) is 4.87. The molecular weight excluding hydrogens is 244 g/mol. The fraction of sp³-hybridized carbons (Fsp3) is 0.667. The summed E-state index contributed by atoms with van der Waals surface area (Å²) in [7, 11) is 0. The highest BCUT2D eigenvalue weighted by Gasteiger charge is 2.23. The third-order valence-electron chi connectivity index (χ3n) is 3.71. The van der Waals surface area contributed by atoms with Crippen LogP contribution in [0, 0.1) is 5.92 Å². The molecular formula is C15H23ClN2. The Morgan fingerprint density at radius 3 is 2.67 bits per heavy atom. The van der Waals surface area contributed by atoms with Gasteiger partial charge in [-0.2, -0.15) is 0 Å². The topological polar surface area (TPSA) is 16.1 Å². The molecule has 0 amide bonds. The lowest BCUT2D eigenvalue weighted by atomic mass is 10.1. The number of nitrogens with zero attached hydrogens (tertiary/aromatic N) is 2. The maximum Gasteiger partial charge on any atom is 0.131 e. The molecule has 0 N–H and O–H groups in total. The van der Waals surface area contributed by atoms with Gasteiger partial charge in [-0.25, -0.2) is 4.98 Å². The van der Waals surface area contributed by atoms with Crippen LogP contribution in [0.4, 0.5) is 5.82 Å². The van der Waals surface area contributed by atoms with Crippen LogP contribution in [0.3, 0.4) is 0 Å². The maximum atomic E-state index is 6.02. The third-order valence-corrected chi connectivity index (χ3v) is 3.92. The fourth-order valence-electron chi connectivity index (χ4n) is 2.65. The van der Waals surface area contributed by atoms with Crippen molar-refractivity contribution >= 4 is 17.4 Å². The highest BCUT2D eigenvalue weighted by Crippen LogP contribution is 2.28. The predicted octanol–water partition coefficient (Wildman–Crippen LogP) is 4.53. The van der Waals surface area contributed by atoms with Crippen molar-refractivity contribution in [1.82, 2.24) is 4.98 Å². The van der Waals surface area contributed by atoms with Gasteiger partial charge in [0.15, 0.2) is 0 Å². The van der Waals surface area contributed by atoms with E-state index >= 15 is 0 Å². The summed E-state index contributed by atoms with van der Waals surface area (Å²) >= 11 is 6.02. The van der Waals surface area contributed by atoms with Crippen molar-refractivity contribution in [2.75, 3.05) is 11.4 Å². The third kappa shape index (κ3) is 3.61. The lowest BCUT2D eigenvalue weighted by molar-refractivity contribution is 0.525. The van der Waals surface area contributed by atoms with Gasteiger partial charge in [-0.1, -0.05) is 44.4 Å². The SMILES string of the molecule is CC(C)CCN(c1cccc(Cl)n1)C1CCCC1. The molecule has 1 aliphatic rings. The van der Waals surface area contributed by atoms with Crippen LogP contribution in [0.1, 0.15) is 46.0 Å². The van der Waals surface area contributed by atoms with Gasteiger partial charge < -0.3 is 4.90 Å². The van der Waals surface area contributed by atoms with Crippen molar-refractivity contribution in [2.45, 2.75) is 52.0 Å². The fourth-order valence-corrected chi connectivity index (χ4v) is 2.81. The number of hydrogen-bond acceptors (Lipinski definition) is 2. The zero-order valence-corrected chi connectivity index (χ0v) is 12.2. The Morgan fingerprint density at radius 2 is 2.06 bits per heavy atom. The van der Waals surface area contributed by atoms with Crippen molar-refractivity contribution in [2.24, 2.45) is 5.92 Å². The van der Waals surface area contributed by atoms with E-state index in [1.807, 2.05) is 12.1 Å². The Morgan fingerprint density at radius 1 is 1.33 bits per heavy atom. The first-order valence-corrected chi connectivity index (χ1v) is 7.44. The number of aromatic nitrogens is 1. The summed E-state index contributed by atoms with van der Waals surface area (Å²) in [4.78, 5) is 6.96. The van der Waals surface area contributed by atoms with Gasteiger partial charge in [0, 0.05) is 12.6 Å². The minimum absolute atomic E-state index is 0.597. The molecule has 0 spiro atoms. The first-order valence-electron chi connectivity index (χ1n) is 7.06. The molecule has 0 aromatic carbocycles. The standard InChI is InChI=1S/C15H23ClN2/c1-12(2)10-11-18(13-6-3-4-7-13)15-9-5-8-14(16)17-15/h5,8-9,12-13H,3-4,6-7,10-11H2,1-2H3. The van der Waals surface area contributed by atoms with Gasteiger partial charge in [-0.15, -0.1) is 0 Å². The molecule has 0 unspecified atom stereocenters. The molecule has 0 atom stereocenters. The second-order valence-corrected chi connectivity index (χ2v) is 6.02. The summed E-state index contributed by atoms with van der Waals surface area (Å²) in [6.45, 7) is 5.64. The molecule has 2 rings (SSSR count). The van der Waals surface area contributed by atoms with Crippen molar-refractivity contribution in [3.63, 3.8) is 0 Å². The van der Waals surface area contributed by atoms with Crippen molar-refractivity contribution < 1.29 is 0 Å². The van der Waals surface area contributed by atoms with E-state index in [0.717, 1.165) is 18.3 Å². The second kappa shape index (κ2) is 6.42. The Bertz CT molecular complexity index is 373. The first kappa shape index (κ1) is 13.7. The summed E-state index contributed by atoms with van der Waals surface area (Å²) in [5.74, 6) is 1.78. The van der Waals surface area contributed by atoms with Crippen molar-refractivity contribution in [3.05, 3.63) is 23.4 Å². The van der Waals surface area contributed by atoms with Crippen LogP contribution >= 0.6 is 11.6 Å². The van der Waals surface area contributed by atoms with Gasteiger partial charge in [0.05, 0.1) is 0 Å².